The lowest BCUT2D eigenvalue weighted by Crippen LogP contribution is -2.37. The van der Waals surface area contributed by atoms with Crippen molar-refractivity contribution in [2.75, 3.05) is 17.1 Å². The van der Waals surface area contributed by atoms with Crippen LogP contribution >= 0.6 is 11.3 Å². The molecular weight excluding hydrogens is 486 g/mol. The van der Waals surface area contributed by atoms with Crippen LogP contribution in [0, 0.1) is 29.9 Å². The van der Waals surface area contributed by atoms with Gasteiger partial charge in [0.15, 0.2) is 6.10 Å². The Bertz CT molecular complexity index is 1390. The quantitative estimate of drug-likeness (QED) is 0.219. The third kappa shape index (κ3) is 3.55. The molecule has 1 aromatic heterocycles. The van der Waals surface area contributed by atoms with E-state index in [0.717, 1.165) is 9.78 Å². The summed E-state index contributed by atoms with van der Waals surface area (Å²) in [6.45, 7) is 3.54. The van der Waals surface area contributed by atoms with Crippen molar-refractivity contribution in [1.29, 1.82) is 0 Å². The van der Waals surface area contributed by atoms with Crippen LogP contribution in [0.25, 0.3) is 0 Å². The molecule has 36 heavy (non-hydrogen) atoms. The number of aryl methyl sites for hydroxylation is 1. The summed E-state index contributed by atoms with van der Waals surface area (Å²) in [4.78, 5) is 58.5. The molecule has 0 saturated carbocycles. The first-order chi connectivity index (χ1) is 17.2. The lowest BCUT2D eigenvalue weighted by Gasteiger charge is -2.28. The van der Waals surface area contributed by atoms with Crippen molar-refractivity contribution in [2.45, 2.75) is 26.0 Å². The molecule has 2 saturated heterocycles. The molecule has 0 N–H and O–H groups in total. The van der Waals surface area contributed by atoms with Crippen LogP contribution in [0.1, 0.15) is 32.4 Å². The molecule has 2 aliphatic heterocycles. The topological polar surface area (TPSA) is 119 Å². The van der Waals surface area contributed by atoms with E-state index in [1.165, 1.54) is 35.6 Å². The number of methoxy groups -OCH3 is 1. The van der Waals surface area contributed by atoms with Crippen molar-refractivity contribution in [1.82, 2.24) is 0 Å². The van der Waals surface area contributed by atoms with Crippen LogP contribution in [0.5, 0.6) is 0 Å². The molecule has 5 rings (SSSR count). The van der Waals surface area contributed by atoms with E-state index in [1.807, 2.05) is 6.07 Å². The molecule has 0 aliphatic carbocycles. The van der Waals surface area contributed by atoms with E-state index in [0.29, 0.717) is 16.8 Å². The number of ether oxygens (including phenoxy) is 1. The number of para-hydroxylation sites is 1. The molecular formula is C25H21N3O7S. The smallest absolute Gasteiger partial charge is 0.341 e. The van der Waals surface area contributed by atoms with Gasteiger partial charge in [0.1, 0.15) is 10.9 Å². The number of nitrogens with zero attached hydrogens (tertiary/aromatic N) is 3. The molecule has 2 aromatic carbocycles. The van der Waals surface area contributed by atoms with E-state index < -0.39 is 40.8 Å². The highest BCUT2D eigenvalue weighted by Gasteiger charge is 2.61. The Morgan fingerprint density at radius 2 is 1.72 bits per heavy atom. The molecule has 0 bridgehead atoms. The zero-order chi connectivity index (χ0) is 25.7. The van der Waals surface area contributed by atoms with Crippen LogP contribution in [0.4, 0.5) is 16.4 Å². The maximum Gasteiger partial charge on any atom is 0.341 e. The minimum Gasteiger partial charge on any atom is -0.465 e. The van der Waals surface area contributed by atoms with Crippen LogP contribution in [0.3, 0.4) is 0 Å². The predicted octanol–water partition coefficient (Wildman–Crippen LogP) is 4.11. The lowest BCUT2D eigenvalue weighted by atomic mass is 9.90. The Labute approximate surface area is 209 Å². The normalized spacial score (nSPS) is 21.1. The van der Waals surface area contributed by atoms with Gasteiger partial charge in [-0.25, -0.2) is 14.8 Å². The van der Waals surface area contributed by atoms with Crippen LogP contribution in [-0.2, 0) is 19.2 Å². The second-order valence-corrected chi connectivity index (χ2v) is 9.68. The summed E-state index contributed by atoms with van der Waals surface area (Å²) >= 11 is 1.17. The number of nitro groups is 1. The zero-order valence-electron chi connectivity index (χ0n) is 19.5. The highest BCUT2D eigenvalue weighted by Crippen LogP contribution is 2.49. The maximum atomic E-state index is 13.9. The summed E-state index contributed by atoms with van der Waals surface area (Å²) < 4.78 is 4.91. The number of anilines is 2. The molecule has 2 fully saturated rings. The van der Waals surface area contributed by atoms with Crippen molar-refractivity contribution in [3.8, 4) is 0 Å². The molecule has 0 unspecified atom stereocenters. The molecule has 3 aromatic rings. The lowest BCUT2D eigenvalue weighted by molar-refractivity contribution is -0.384. The first kappa shape index (κ1) is 23.6. The van der Waals surface area contributed by atoms with Gasteiger partial charge in [-0.2, -0.15) is 0 Å². The highest BCUT2D eigenvalue weighted by molar-refractivity contribution is 7.17. The van der Waals surface area contributed by atoms with E-state index in [-0.39, 0.29) is 16.3 Å². The Kier molecular flexibility index (Phi) is 5.81. The molecule has 0 spiro atoms. The monoisotopic (exact) mass is 507 g/mol. The number of hydroxylamine groups is 1. The van der Waals surface area contributed by atoms with Crippen LogP contribution in [0.15, 0.2) is 54.6 Å². The second kappa shape index (κ2) is 8.85. The van der Waals surface area contributed by atoms with Gasteiger partial charge in [0, 0.05) is 17.0 Å². The second-order valence-electron chi connectivity index (χ2n) is 8.47. The summed E-state index contributed by atoms with van der Waals surface area (Å²) in [5.74, 6) is -2.67. The molecule has 3 heterocycles. The van der Waals surface area contributed by atoms with E-state index in [2.05, 4.69) is 0 Å². The van der Waals surface area contributed by atoms with Crippen molar-refractivity contribution in [3.63, 3.8) is 0 Å². The number of carbonyl (C=O) groups is 3. The Morgan fingerprint density at radius 3 is 2.33 bits per heavy atom. The fourth-order valence-electron chi connectivity index (χ4n) is 4.65. The van der Waals surface area contributed by atoms with Crippen molar-refractivity contribution in [2.24, 2.45) is 5.92 Å². The first-order valence-corrected chi connectivity index (χ1v) is 11.9. The molecule has 184 valence electrons. The van der Waals surface area contributed by atoms with Gasteiger partial charge in [0.05, 0.1) is 29.3 Å². The molecule has 0 radical (unpaired) electrons. The number of rotatable bonds is 5. The summed E-state index contributed by atoms with van der Waals surface area (Å²) in [6, 6.07) is 14.1. The summed E-state index contributed by atoms with van der Waals surface area (Å²) in [6.07, 6.45) is -1.13. The SMILES string of the molecule is COC(=O)c1c(N2C(=O)[C@H]3[C@H](ON(c4ccccc4)[C@H]3c3ccc([N+](=O)[O-])cc3)C2=O)sc(C)c1C. The van der Waals surface area contributed by atoms with Crippen molar-refractivity contribution in [3.05, 3.63) is 86.3 Å². The minimum atomic E-state index is -1.13. The van der Waals surface area contributed by atoms with Crippen molar-refractivity contribution < 1.29 is 28.9 Å². The Balaban J connectivity index is 1.60. The van der Waals surface area contributed by atoms with Gasteiger partial charge in [-0.3, -0.25) is 24.5 Å². The summed E-state index contributed by atoms with van der Waals surface area (Å²) in [5.41, 5.74) is 1.92. The van der Waals surface area contributed by atoms with E-state index in [1.54, 1.807) is 50.2 Å². The fourth-order valence-corrected chi connectivity index (χ4v) is 5.81. The number of benzene rings is 2. The maximum absolute atomic E-state index is 13.9. The number of nitro benzene ring substituents is 1. The van der Waals surface area contributed by atoms with E-state index >= 15 is 0 Å². The van der Waals surface area contributed by atoms with E-state index in [4.69, 9.17) is 9.57 Å². The number of imide groups is 1. The van der Waals surface area contributed by atoms with Gasteiger partial charge in [0.2, 0.25) is 5.91 Å². The number of carbonyl (C=O) groups excluding carboxylic acids is 3. The number of esters is 1. The van der Waals surface area contributed by atoms with Gasteiger partial charge in [0.25, 0.3) is 11.6 Å². The van der Waals surface area contributed by atoms with Gasteiger partial charge in [-0.05, 0) is 37.1 Å². The third-order valence-corrected chi connectivity index (χ3v) is 7.72. The third-order valence-electron chi connectivity index (χ3n) is 6.53. The Hall–Kier alpha value is -4.09. The number of fused-ring (bicyclic) bond motifs is 1. The van der Waals surface area contributed by atoms with Crippen molar-refractivity contribution >= 4 is 45.5 Å². The number of hydrogen-bond donors (Lipinski definition) is 0. The van der Waals surface area contributed by atoms with E-state index in [9.17, 15) is 24.5 Å². The van der Waals surface area contributed by atoms with Gasteiger partial charge in [-0.1, -0.05) is 30.3 Å². The molecule has 3 atom stereocenters. The Morgan fingerprint density at radius 1 is 1.06 bits per heavy atom. The zero-order valence-corrected chi connectivity index (χ0v) is 20.4. The highest BCUT2D eigenvalue weighted by atomic mass is 32.1. The van der Waals surface area contributed by atoms with Gasteiger partial charge in [-0.15, -0.1) is 11.3 Å². The van der Waals surface area contributed by atoms with Gasteiger partial charge < -0.3 is 4.74 Å². The van der Waals surface area contributed by atoms with Crippen LogP contribution in [0.2, 0.25) is 0 Å². The molecule has 2 amide bonds. The average molecular weight is 508 g/mol. The largest absolute Gasteiger partial charge is 0.465 e. The minimum absolute atomic E-state index is 0.0943. The standard InChI is InChI=1S/C25H21N3O7S/c1-13-14(2)36-24(18(13)25(31)34-3)26-22(29)19-20(15-9-11-17(12-10-15)28(32)33)27(35-21(19)23(26)30)16-7-5-4-6-8-16/h4-12,19-21H,1-3H3/t19-,20+,21+/m1/s1. The number of hydrogen-bond acceptors (Lipinski definition) is 9. The predicted molar refractivity (Wildman–Crippen MR) is 131 cm³/mol. The number of non-ortho nitro benzene ring substituents is 1. The average Bonchev–Trinajstić information content (AvgIpc) is 3.49. The molecule has 2 aliphatic rings. The number of thiophene rings is 1. The summed E-state index contributed by atoms with van der Waals surface area (Å²) in [5, 5.41) is 12.9. The molecule has 11 heteroatoms. The summed E-state index contributed by atoms with van der Waals surface area (Å²) in [7, 11) is 1.24. The first-order valence-electron chi connectivity index (χ1n) is 11.1. The van der Waals surface area contributed by atoms with Gasteiger partial charge >= 0.3 is 5.97 Å². The van der Waals surface area contributed by atoms with Crippen LogP contribution < -0.4 is 9.96 Å². The fraction of sp³-hybridized carbons (Fsp3) is 0.240. The van der Waals surface area contributed by atoms with Crippen LogP contribution in [-0.4, -0.2) is 35.9 Å². The molecule has 10 nitrogen and oxygen atoms in total. The number of amides is 2.